The third-order valence-electron chi connectivity index (χ3n) is 4.16. The van der Waals surface area contributed by atoms with Gasteiger partial charge in [0.05, 0.1) is 13.2 Å². The van der Waals surface area contributed by atoms with E-state index in [2.05, 4.69) is 10.6 Å². The lowest BCUT2D eigenvalue weighted by Gasteiger charge is -2.17. The minimum absolute atomic E-state index is 0.0150. The molecule has 2 aromatic carbocycles. The van der Waals surface area contributed by atoms with Crippen molar-refractivity contribution in [3.05, 3.63) is 60.2 Å². The van der Waals surface area contributed by atoms with Gasteiger partial charge in [-0.1, -0.05) is 36.4 Å². The first kappa shape index (κ1) is 16.8. The number of hydrogen-bond acceptors (Lipinski definition) is 3. The number of ether oxygens (including phenoxy) is 1. The van der Waals surface area contributed by atoms with Crippen LogP contribution in [0.1, 0.15) is 12.0 Å². The van der Waals surface area contributed by atoms with Gasteiger partial charge in [-0.3, -0.25) is 4.79 Å². The Hall–Kier alpha value is -3.02. The second kappa shape index (κ2) is 7.70. The Bertz CT molecular complexity index is 749. The molecule has 6 nitrogen and oxygen atoms in total. The number of nitrogens with zero attached hydrogens (tertiary/aromatic N) is 1. The minimum atomic E-state index is -0.293. The van der Waals surface area contributed by atoms with Crippen molar-refractivity contribution in [2.24, 2.45) is 0 Å². The van der Waals surface area contributed by atoms with E-state index in [9.17, 15) is 9.59 Å². The summed E-state index contributed by atoms with van der Waals surface area (Å²) in [6, 6.07) is 16.5. The summed E-state index contributed by atoms with van der Waals surface area (Å²) in [4.78, 5) is 26.0. The molecule has 1 saturated heterocycles. The molecule has 1 heterocycles. The summed E-state index contributed by atoms with van der Waals surface area (Å²) in [5.41, 5.74) is 1.75. The summed E-state index contributed by atoms with van der Waals surface area (Å²) in [6.07, 6.45) is 0.303. The van der Waals surface area contributed by atoms with E-state index in [0.29, 0.717) is 19.5 Å². The van der Waals surface area contributed by atoms with Gasteiger partial charge in [-0.15, -0.1) is 0 Å². The smallest absolute Gasteiger partial charge is 0.315 e. The molecule has 1 aliphatic rings. The average Bonchev–Trinajstić information content (AvgIpc) is 3.01. The number of carbonyl (C=O) groups is 2. The van der Waals surface area contributed by atoms with Crippen LogP contribution in [0.3, 0.4) is 0 Å². The van der Waals surface area contributed by atoms with Crippen molar-refractivity contribution in [3.63, 3.8) is 0 Å². The Kier molecular flexibility index (Phi) is 5.18. The summed E-state index contributed by atoms with van der Waals surface area (Å²) >= 11 is 0. The minimum Gasteiger partial charge on any atom is -0.496 e. The highest BCUT2D eigenvalue weighted by Gasteiger charge is 2.31. The molecule has 0 aliphatic carbocycles. The lowest BCUT2D eigenvalue weighted by atomic mass is 10.2. The molecule has 1 fully saturated rings. The van der Waals surface area contributed by atoms with Gasteiger partial charge in [0.15, 0.2) is 0 Å². The number of rotatable bonds is 5. The molecule has 0 radical (unpaired) electrons. The Morgan fingerprint density at radius 3 is 2.64 bits per heavy atom. The maximum atomic E-state index is 12.2. The standard InChI is InChI=1S/C19H21N3O3/c1-25-17-10-6-5-7-14(17)12-20-19(24)21-15-11-18(23)22(13-15)16-8-3-2-4-9-16/h2-10,15H,11-13H2,1H3,(H2,20,21,24)/t15-/m0/s1. The largest absolute Gasteiger partial charge is 0.496 e. The first-order chi connectivity index (χ1) is 12.2. The van der Waals surface area contributed by atoms with E-state index in [1.165, 1.54) is 0 Å². The third-order valence-corrected chi connectivity index (χ3v) is 4.16. The molecule has 0 aromatic heterocycles. The van der Waals surface area contributed by atoms with Crippen molar-refractivity contribution in [3.8, 4) is 5.75 Å². The van der Waals surface area contributed by atoms with Crippen LogP contribution in [0.15, 0.2) is 54.6 Å². The predicted molar refractivity (Wildman–Crippen MR) is 95.6 cm³/mol. The van der Waals surface area contributed by atoms with Crippen LogP contribution in [0.4, 0.5) is 10.5 Å². The summed E-state index contributed by atoms with van der Waals surface area (Å²) < 4.78 is 5.27. The third kappa shape index (κ3) is 4.09. The lowest BCUT2D eigenvalue weighted by Crippen LogP contribution is -2.43. The predicted octanol–water partition coefficient (Wildman–Crippen LogP) is 2.30. The fraction of sp³-hybridized carbons (Fsp3) is 0.263. The van der Waals surface area contributed by atoms with E-state index in [-0.39, 0.29) is 18.0 Å². The van der Waals surface area contributed by atoms with Gasteiger partial charge in [0.2, 0.25) is 5.91 Å². The number of anilines is 1. The molecule has 2 N–H and O–H groups in total. The number of para-hydroxylation sites is 2. The van der Waals surface area contributed by atoms with E-state index in [4.69, 9.17) is 4.74 Å². The van der Waals surface area contributed by atoms with E-state index < -0.39 is 0 Å². The van der Waals surface area contributed by atoms with Crippen LogP contribution in [0.25, 0.3) is 0 Å². The summed E-state index contributed by atoms with van der Waals surface area (Å²) in [5.74, 6) is 0.746. The maximum absolute atomic E-state index is 12.2. The Morgan fingerprint density at radius 2 is 1.88 bits per heavy atom. The van der Waals surface area contributed by atoms with Gasteiger partial charge in [-0.25, -0.2) is 4.79 Å². The zero-order chi connectivity index (χ0) is 17.6. The SMILES string of the molecule is COc1ccccc1CNC(=O)N[C@H]1CC(=O)N(c2ccccc2)C1. The van der Waals surface area contributed by atoms with Crippen LogP contribution in [-0.2, 0) is 11.3 Å². The van der Waals surface area contributed by atoms with Crippen molar-refractivity contribution in [2.75, 3.05) is 18.6 Å². The average molecular weight is 339 g/mol. The first-order valence-corrected chi connectivity index (χ1v) is 8.19. The fourth-order valence-electron chi connectivity index (χ4n) is 2.92. The molecule has 6 heteroatoms. The number of urea groups is 1. The molecule has 0 unspecified atom stereocenters. The molecular weight excluding hydrogens is 318 g/mol. The van der Waals surface area contributed by atoms with Gasteiger partial charge >= 0.3 is 6.03 Å². The van der Waals surface area contributed by atoms with Crippen molar-refractivity contribution in [1.29, 1.82) is 0 Å². The van der Waals surface area contributed by atoms with Crippen LogP contribution in [0, 0.1) is 0 Å². The zero-order valence-corrected chi connectivity index (χ0v) is 14.1. The van der Waals surface area contributed by atoms with Crippen LogP contribution < -0.4 is 20.3 Å². The van der Waals surface area contributed by atoms with Gasteiger partial charge in [0, 0.05) is 30.8 Å². The van der Waals surface area contributed by atoms with Crippen molar-refractivity contribution in [1.82, 2.24) is 10.6 Å². The quantitative estimate of drug-likeness (QED) is 0.878. The van der Waals surface area contributed by atoms with E-state index in [0.717, 1.165) is 17.0 Å². The highest BCUT2D eigenvalue weighted by molar-refractivity contribution is 5.96. The Balaban J connectivity index is 1.53. The molecule has 2 aromatic rings. The zero-order valence-electron chi connectivity index (χ0n) is 14.1. The van der Waals surface area contributed by atoms with E-state index >= 15 is 0 Å². The van der Waals surface area contributed by atoms with Gasteiger partial charge < -0.3 is 20.3 Å². The summed E-state index contributed by atoms with van der Waals surface area (Å²) in [6.45, 7) is 0.837. The van der Waals surface area contributed by atoms with Crippen molar-refractivity contribution >= 4 is 17.6 Å². The summed E-state index contributed by atoms with van der Waals surface area (Å²) in [5, 5.41) is 5.67. The summed E-state index contributed by atoms with van der Waals surface area (Å²) in [7, 11) is 1.60. The molecule has 25 heavy (non-hydrogen) atoms. The molecule has 130 valence electrons. The second-order valence-electron chi connectivity index (χ2n) is 5.88. The Morgan fingerprint density at radius 1 is 1.16 bits per heavy atom. The van der Waals surface area contributed by atoms with Crippen LogP contribution in [0.5, 0.6) is 5.75 Å². The van der Waals surface area contributed by atoms with Crippen molar-refractivity contribution < 1.29 is 14.3 Å². The molecule has 0 spiro atoms. The molecule has 3 amide bonds. The van der Waals surface area contributed by atoms with Crippen LogP contribution in [-0.4, -0.2) is 31.6 Å². The number of amides is 3. The number of methoxy groups -OCH3 is 1. The first-order valence-electron chi connectivity index (χ1n) is 8.19. The monoisotopic (exact) mass is 339 g/mol. The fourth-order valence-corrected chi connectivity index (χ4v) is 2.92. The van der Waals surface area contributed by atoms with E-state index in [1.54, 1.807) is 12.0 Å². The maximum Gasteiger partial charge on any atom is 0.315 e. The molecular formula is C19H21N3O3. The Labute approximate surface area is 146 Å². The van der Waals surface area contributed by atoms with Gasteiger partial charge in [-0.2, -0.15) is 0 Å². The van der Waals surface area contributed by atoms with Gasteiger partial charge in [-0.05, 0) is 18.2 Å². The molecule has 3 rings (SSSR count). The van der Waals surface area contributed by atoms with Crippen molar-refractivity contribution in [2.45, 2.75) is 19.0 Å². The molecule has 0 bridgehead atoms. The van der Waals surface area contributed by atoms with Crippen LogP contribution >= 0.6 is 0 Å². The number of nitrogens with one attached hydrogen (secondary N) is 2. The normalized spacial score (nSPS) is 16.6. The lowest BCUT2D eigenvalue weighted by molar-refractivity contribution is -0.117. The second-order valence-corrected chi connectivity index (χ2v) is 5.88. The van der Waals surface area contributed by atoms with E-state index in [1.807, 2.05) is 54.6 Å². The highest BCUT2D eigenvalue weighted by atomic mass is 16.5. The molecule has 1 atom stereocenters. The number of benzene rings is 2. The van der Waals surface area contributed by atoms with Gasteiger partial charge in [0.1, 0.15) is 5.75 Å². The number of carbonyl (C=O) groups excluding carboxylic acids is 2. The van der Waals surface area contributed by atoms with Crippen LogP contribution in [0.2, 0.25) is 0 Å². The topological polar surface area (TPSA) is 70.7 Å². The molecule has 0 saturated carbocycles. The highest BCUT2D eigenvalue weighted by Crippen LogP contribution is 2.21. The number of hydrogen-bond donors (Lipinski definition) is 2. The van der Waals surface area contributed by atoms with Gasteiger partial charge in [0.25, 0.3) is 0 Å². The molecule has 1 aliphatic heterocycles.